The summed E-state index contributed by atoms with van der Waals surface area (Å²) in [6.07, 6.45) is 4.71. The predicted molar refractivity (Wildman–Crippen MR) is 77.1 cm³/mol. The van der Waals surface area contributed by atoms with E-state index < -0.39 is 0 Å². The Morgan fingerprint density at radius 2 is 1.89 bits per heavy atom. The fraction of sp³-hybridized carbons (Fsp3) is 0.250. The molecule has 1 aromatic heterocycles. The van der Waals surface area contributed by atoms with E-state index in [-0.39, 0.29) is 5.91 Å². The van der Waals surface area contributed by atoms with Crippen LogP contribution < -0.4 is 5.32 Å². The molecule has 0 saturated carbocycles. The fourth-order valence-corrected chi connectivity index (χ4v) is 1.91. The molecule has 1 heterocycles. The van der Waals surface area contributed by atoms with Gasteiger partial charge in [0.15, 0.2) is 0 Å². The molecule has 98 valence electrons. The number of nitrogens with one attached hydrogen (secondary N) is 1. The molecule has 0 atom stereocenters. The minimum absolute atomic E-state index is 0.0468. The van der Waals surface area contributed by atoms with Crippen LogP contribution in [0.5, 0.6) is 0 Å². The fourth-order valence-electron chi connectivity index (χ4n) is 1.91. The van der Waals surface area contributed by atoms with Crippen molar-refractivity contribution in [2.75, 3.05) is 5.32 Å². The molecule has 0 spiro atoms. The number of hydrogen-bond acceptors (Lipinski definition) is 2. The van der Waals surface area contributed by atoms with Crippen molar-refractivity contribution in [3.05, 3.63) is 59.4 Å². The summed E-state index contributed by atoms with van der Waals surface area (Å²) < 4.78 is 0. The van der Waals surface area contributed by atoms with Gasteiger partial charge < -0.3 is 5.32 Å². The number of hydrogen-bond donors (Lipinski definition) is 1. The van der Waals surface area contributed by atoms with Crippen LogP contribution >= 0.6 is 0 Å². The summed E-state index contributed by atoms with van der Waals surface area (Å²) in [6.45, 7) is 4.07. The Morgan fingerprint density at radius 1 is 1.16 bits per heavy atom. The van der Waals surface area contributed by atoms with E-state index in [9.17, 15) is 4.79 Å². The van der Waals surface area contributed by atoms with Crippen LogP contribution in [0.3, 0.4) is 0 Å². The molecule has 0 aliphatic rings. The average Bonchev–Trinajstić information content (AvgIpc) is 2.43. The van der Waals surface area contributed by atoms with Crippen molar-refractivity contribution in [3.8, 4) is 0 Å². The topological polar surface area (TPSA) is 42.0 Å². The number of aromatic nitrogens is 1. The van der Waals surface area contributed by atoms with E-state index in [1.807, 2.05) is 44.2 Å². The standard InChI is InChI=1S/C16H18N2O/c1-12-4-3-5-15(13(12)2)18-16(19)7-6-14-8-10-17-11-9-14/h3-5,8-11H,6-7H2,1-2H3,(H,18,19). The summed E-state index contributed by atoms with van der Waals surface area (Å²) >= 11 is 0. The Labute approximate surface area is 113 Å². The van der Waals surface area contributed by atoms with Crippen LogP contribution in [0, 0.1) is 13.8 Å². The molecule has 1 aromatic carbocycles. The molecule has 0 radical (unpaired) electrons. The zero-order chi connectivity index (χ0) is 13.7. The van der Waals surface area contributed by atoms with Gasteiger partial charge in [0.2, 0.25) is 5.91 Å². The molecule has 2 rings (SSSR count). The summed E-state index contributed by atoms with van der Waals surface area (Å²) in [5.74, 6) is 0.0468. The van der Waals surface area contributed by atoms with Gasteiger partial charge in [0.1, 0.15) is 0 Å². The van der Waals surface area contributed by atoms with Crippen molar-refractivity contribution in [3.63, 3.8) is 0 Å². The maximum atomic E-state index is 11.9. The second-order valence-corrected chi connectivity index (χ2v) is 4.65. The van der Waals surface area contributed by atoms with Crippen molar-refractivity contribution in [2.24, 2.45) is 0 Å². The summed E-state index contributed by atoms with van der Waals surface area (Å²) in [5, 5.41) is 2.97. The van der Waals surface area contributed by atoms with Gasteiger partial charge in [0.25, 0.3) is 0 Å². The SMILES string of the molecule is Cc1cccc(NC(=O)CCc2ccncc2)c1C. The van der Waals surface area contributed by atoms with E-state index >= 15 is 0 Å². The van der Waals surface area contributed by atoms with Gasteiger partial charge in [-0.2, -0.15) is 0 Å². The molecular weight excluding hydrogens is 236 g/mol. The number of amides is 1. The van der Waals surface area contributed by atoms with Crippen LogP contribution in [0.25, 0.3) is 0 Å². The lowest BCUT2D eigenvalue weighted by Gasteiger charge is -2.10. The highest BCUT2D eigenvalue weighted by Gasteiger charge is 2.06. The Morgan fingerprint density at radius 3 is 2.63 bits per heavy atom. The minimum Gasteiger partial charge on any atom is -0.326 e. The minimum atomic E-state index is 0.0468. The lowest BCUT2D eigenvalue weighted by Crippen LogP contribution is -2.13. The van der Waals surface area contributed by atoms with Crippen molar-refractivity contribution < 1.29 is 4.79 Å². The average molecular weight is 254 g/mol. The van der Waals surface area contributed by atoms with Crippen LogP contribution in [-0.2, 0) is 11.2 Å². The lowest BCUT2D eigenvalue weighted by atomic mass is 10.1. The quantitative estimate of drug-likeness (QED) is 0.909. The van der Waals surface area contributed by atoms with Crippen LogP contribution in [0.15, 0.2) is 42.7 Å². The van der Waals surface area contributed by atoms with Gasteiger partial charge in [-0.25, -0.2) is 0 Å². The number of pyridine rings is 1. The second kappa shape index (κ2) is 6.14. The van der Waals surface area contributed by atoms with E-state index in [2.05, 4.69) is 10.3 Å². The zero-order valence-electron chi connectivity index (χ0n) is 11.3. The highest BCUT2D eigenvalue weighted by molar-refractivity contribution is 5.91. The first-order chi connectivity index (χ1) is 9.16. The van der Waals surface area contributed by atoms with Crippen molar-refractivity contribution in [1.29, 1.82) is 0 Å². The largest absolute Gasteiger partial charge is 0.326 e. The Kier molecular flexibility index (Phi) is 4.29. The number of anilines is 1. The number of aryl methyl sites for hydroxylation is 2. The lowest BCUT2D eigenvalue weighted by molar-refractivity contribution is -0.116. The monoisotopic (exact) mass is 254 g/mol. The third-order valence-electron chi connectivity index (χ3n) is 3.27. The normalized spacial score (nSPS) is 10.2. The number of carbonyl (C=O) groups excluding carboxylic acids is 1. The molecule has 3 heteroatoms. The highest BCUT2D eigenvalue weighted by atomic mass is 16.1. The first-order valence-corrected chi connectivity index (χ1v) is 6.42. The van der Waals surface area contributed by atoms with E-state index in [1.165, 1.54) is 5.56 Å². The van der Waals surface area contributed by atoms with E-state index in [0.29, 0.717) is 6.42 Å². The Hall–Kier alpha value is -2.16. The molecule has 2 aromatic rings. The molecule has 1 N–H and O–H groups in total. The maximum Gasteiger partial charge on any atom is 0.224 e. The molecule has 1 amide bonds. The molecule has 19 heavy (non-hydrogen) atoms. The number of nitrogens with zero attached hydrogens (tertiary/aromatic N) is 1. The van der Waals surface area contributed by atoms with Crippen LogP contribution in [0.1, 0.15) is 23.1 Å². The number of carbonyl (C=O) groups is 1. The zero-order valence-corrected chi connectivity index (χ0v) is 11.3. The summed E-state index contributed by atoms with van der Waals surface area (Å²) in [5.41, 5.74) is 4.34. The molecule has 3 nitrogen and oxygen atoms in total. The van der Waals surface area contributed by atoms with Gasteiger partial charge in [-0.15, -0.1) is 0 Å². The number of benzene rings is 1. The number of rotatable bonds is 4. The van der Waals surface area contributed by atoms with Gasteiger partial charge in [-0.1, -0.05) is 12.1 Å². The van der Waals surface area contributed by atoms with Crippen LogP contribution in [0.2, 0.25) is 0 Å². The van der Waals surface area contributed by atoms with Crippen molar-refractivity contribution in [2.45, 2.75) is 26.7 Å². The van der Waals surface area contributed by atoms with Crippen LogP contribution in [0.4, 0.5) is 5.69 Å². The molecule has 0 saturated heterocycles. The smallest absolute Gasteiger partial charge is 0.224 e. The summed E-state index contributed by atoms with van der Waals surface area (Å²) in [6, 6.07) is 9.81. The molecule has 0 fully saturated rings. The van der Waals surface area contributed by atoms with E-state index in [4.69, 9.17) is 0 Å². The highest BCUT2D eigenvalue weighted by Crippen LogP contribution is 2.18. The summed E-state index contributed by atoms with van der Waals surface area (Å²) in [4.78, 5) is 15.9. The van der Waals surface area contributed by atoms with Crippen molar-refractivity contribution >= 4 is 11.6 Å². The first kappa shape index (κ1) is 13.3. The Bertz CT molecular complexity index is 564. The van der Waals surface area contributed by atoms with Gasteiger partial charge in [-0.3, -0.25) is 9.78 Å². The maximum absolute atomic E-state index is 11.9. The van der Waals surface area contributed by atoms with E-state index in [1.54, 1.807) is 12.4 Å². The predicted octanol–water partition coefficient (Wildman–Crippen LogP) is 3.27. The molecule has 0 aliphatic heterocycles. The molecule has 0 unspecified atom stereocenters. The first-order valence-electron chi connectivity index (χ1n) is 6.42. The molecule has 0 bridgehead atoms. The third kappa shape index (κ3) is 3.65. The van der Waals surface area contributed by atoms with Gasteiger partial charge >= 0.3 is 0 Å². The van der Waals surface area contributed by atoms with Crippen LogP contribution in [-0.4, -0.2) is 10.9 Å². The van der Waals surface area contributed by atoms with Gasteiger partial charge in [0.05, 0.1) is 0 Å². The van der Waals surface area contributed by atoms with Crippen molar-refractivity contribution in [1.82, 2.24) is 4.98 Å². The second-order valence-electron chi connectivity index (χ2n) is 4.65. The third-order valence-corrected chi connectivity index (χ3v) is 3.27. The Balaban J connectivity index is 1.93. The van der Waals surface area contributed by atoms with E-state index in [0.717, 1.165) is 23.2 Å². The molecule has 0 aliphatic carbocycles. The molecular formula is C16H18N2O. The summed E-state index contributed by atoms with van der Waals surface area (Å²) in [7, 11) is 0. The van der Waals surface area contributed by atoms with Gasteiger partial charge in [0, 0.05) is 24.5 Å². The van der Waals surface area contributed by atoms with Gasteiger partial charge in [-0.05, 0) is 55.2 Å².